The van der Waals surface area contributed by atoms with Crippen LogP contribution in [0.4, 0.5) is 0 Å². The van der Waals surface area contributed by atoms with E-state index in [1.165, 1.54) is 37.9 Å². The van der Waals surface area contributed by atoms with Gasteiger partial charge in [-0.25, -0.2) is 0 Å². The van der Waals surface area contributed by atoms with Crippen LogP contribution in [-0.2, 0) is 6.54 Å². The number of benzene rings is 1. The van der Waals surface area contributed by atoms with Gasteiger partial charge in [0, 0.05) is 25.7 Å². The van der Waals surface area contributed by atoms with Crippen molar-refractivity contribution in [1.82, 2.24) is 10.2 Å². The highest BCUT2D eigenvalue weighted by Gasteiger charge is 2.29. The van der Waals surface area contributed by atoms with Crippen LogP contribution in [0.25, 0.3) is 0 Å². The highest BCUT2D eigenvalue weighted by molar-refractivity contribution is 5.27. The first-order valence-electron chi connectivity index (χ1n) is 7.43. The van der Waals surface area contributed by atoms with Crippen LogP contribution in [0.3, 0.4) is 0 Å². The smallest absolute Gasteiger partial charge is 0.118 e. The van der Waals surface area contributed by atoms with Gasteiger partial charge in [0.05, 0.1) is 7.11 Å². The minimum Gasteiger partial charge on any atom is -0.497 e. The quantitative estimate of drug-likeness (QED) is 0.849. The maximum Gasteiger partial charge on any atom is 0.118 e. The van der Waals surface area contributed by atoms with E-state index in [2.05, 4.69) is 34.5 Å². The maximum atomic E-state index is 5.22. The molecule has 0 radical (unpaired) electrons. The Balaban J connectivity index is 1.64. The topological polar surface area (TPSA) is 24.5 Å². The Hall–Kier alpha value is -1.06. The predicted molar refractivity (Wildman–Crippen MR) is 77.4 cm³/mol. The Morgan fingerprint density at radius 2 is 2.00 bits per heavy atom. The zero-order valence-corrected chi connectivity index (χ0v) is 11.8. The van der Waals surface area contributed by atoms with Crippen LogP contribution in [0.15, 0.2) is 24.3 Å². The third kappa shape index (κ3) is 3.48. The molecule has 2 aliphatic rings. The lowest BCUT2D eigenvalue weighted by Gasteiger charge is -2.28. The van der Waals surface area contributed by atoms with Crippen LogP contribution in [0.1, 0.15) is 24.8 Å². The molecule has 1 aromatic rings. The van der Waals surface area contributed by atoms with Crippen molar-refractivity contribution in [2.24, 2.45) is 5.92 Å². The molecule has 0 amide bonds. The standard InChI is InChI=1S/C16H24N2O/c1-19-16-6-4-14(5-7-16)12-18(11-13-2-3-13)15-8-9-17-10-15/h4-7,13,15,17H,2-3,8-12H2,1H3. The second-order valence-corrected chi connectivity index (χ2v) is 5.87. The minimum absolute atomic E-state index is 0.725. The summed E-state index contributed by atoms with van der Waals surface area (Å²) in [5.74, 6) is 1.90. The van der Waals surface area contributed by atoms with E-state index in [4.69, 9.17) is 4.74 Å². The summed E-state index contributed by atoms with van der Waals surface area (Å²) < 4.78 is 5.22. The van der Waals surface area contributed by atoms with E-state index in [-0.39, 0.29) is 0 Å². The Morgan fingerprint density at radius 1 is 1.21 bits per heavy atom. The Kier molecular flexibility index (Phi) is 4.04. The van der Waals surface area contributed by atoms with E-state index in [0.717, 1.165) is 30.8 Å². The van der Waals surface area contributed by atoms with Crippen LogP contribution in [0.2, 0.25) is 0 Å². The summed E-state index contributed by atoms with van der Waals surface area (Å²) in [5, 5.41) is 3.49. The predicted octanol–water partition coefficient (Wildman–Crippen LogP) is 2.27. The third-order valence-corrected chi connectivity index (χ3v) is 4.29. The largest absolute Gasteiger partial charge is 0.497 e. The fraction of sp³-hybridized carbons (Fsp3) is 0.625. The number of nitrogens with one attached hydrogen (secondary N) is 1. The zero-order valence-electron chi connectivity index (χ0n) is 11.8. The van der Waals surface area contributed by atoms with Crippen LogP contribution < -0.4 is 10.1 Å². The Bertz CT molecular complexity index is 394. The molecule has 1 unspecified atom stereocenters. The summed E-state index contributed by atoms with van der Waals surface area (Å²) in [6.07, 6.45) is 4.15. The van der Waals surface area contributed by atoms with Gasteiger partial charge in [-0.3, -0.25) is 4.90 Å². The molecule has 1 aliphatic carbocycles. The zero-order chi connectivity index (χ0) is 13.1. The van der Waals surface area contributed by atoms with E-state index in [1.807, 2.05) is 0 Å². The molecule has 104 valence electrons. The highest BCUT2D eigenvalue weighted by atomic mass is 16.5. The average molecular weight is 260 g/mol. The van der Waals surface area contributed by atoms with Gasteiger partial charge in [0.2, 0.25) is 0 Å². The number of methoxy groups -OCH3 is 1. The summed E-state index contributed by atoms with van der Waals surface area (Å²) in [5.41, 5.74) is 1.40. The number of hydrogen-bond donors (Lipinski definition) is 1. The van der Waals surface area contributed by atoms with Gasteiger partial charge in [0.15, 0.2) is 0 Å². The number of ether oxygens (including phenoxy) is 1. The van der Waals surface area contributed by atoms with Crippen LogP contribution in [0, 0.1) is 5.92 Å². The molecule has 1 saturated heterocycles. The van der Waals surface area contributed by atoms with Crippen LogP contribution in [-0.4, -0.2) is 37.7 Å². The minimum atomic E-state index is 0.725. The van der Waals surface area contributed by atoms with E-state index in [9.17, 15) is 0 Å². The van der Waals surface area contributed by atoms with Gasteiger partial charge in [0.25, 0.3) is 0 Å². The highest BCUT2D eigenvalue weighted by Crippen LogP contribution is 2.31. The van der Waals surface area contributed by atoms with Gasteiger partial charge in [-0.05, 0) is 49.4 Å². The van der Waals surface area contributed by atoms with Crippen molar-refractivity contribution in [3.63, 3.8) is 0 Å². The molecule has 3 heteroatoms. The van der Waals surface area contributed by atoms with Crippen LogP contribution in [0.5, 0.6) is 5.75 Å². The van der Waals surface area contributed by atoms with Crippen molar-refractivity contribution < 1.29 is 4.74 Å². The number of hydrogen-bond acceptors (Lipinski definition) is 3. The maximum absolute atomic E-state index is 5.22. The number of rotatable bonds is 6. The molecule has 0 aromatic heterocycles. The Labute approximate surface area is 115 Å². The molecule has 1 aromatic carbocycles. The molecule has 0 spiro atoms. The summed E-state index contributed by atoms with van der Waals surface area (Å²) in [6, 6.07) is 9.25. The van der Waals surface area contributed by atoms with Gasteiger partial charge in [-0.15, -0.1) is 0 Å². The Morgan fingerprint density at radius 3 is 2.58 bits per heavy atom. The fourth-order valence-electron chi connectivity index (χ4n) is 2.89. The van der Waals surface area contributed by atoms with Crippen molar-refractivity contribution in [3.05, 3.63) is 29.8 Å². The molecular weight excluding hydrogens is 236 g/mol. The normalized spacial score (nSPS) is 22.9. The molecule has 1 atom stereocenters. The molecule has 3 nitrogen and oxygen atoms in total. The molecule has 3 rings (SSSR count). The molecular formula is C16H24N2O. The van der Waals surface area contributed by atoms with Crippen molar-refractivity contribution in [3.8, 4) is 5.75 Å². The summed E-state index contributed by atoms with van der Waals surface area (Å²) in [4.78, 5) is 2.68. The van der Waals surface area contributed by atoms with Crippen molar-refractivity contribution >= 4 is 0 Å². The second-order valence-electron chi connectivity index (χ2n) is 5.87. The van der Waals surface area contributed by atoms with E-state index >= 15 is 0 Å². The van der Waals surface area contributed by atoms with Crippen molar-refractivity contribution in [2.75, 3.05) is 26.7 Å². The van der Waals surface area contributed by atoms with Crippen molar-refractivity contribution in [2.45, 2.75) is 31.8 Å². The van der Waals surface area contributed by atoms with Crippen molar-refractivity contribution in [1.29, 1.82) is 0 Å². The first-order valence-corrected chi connectivity index (χ1v) is 7.43. The molecule has 1 aliphatic heterocycles. The van der Waals surface area contributed by atoms with Gasteiger partial charge in [-0.2, -0.15) is 0 Å². The molecule has 1 N–H and O–H groups in total. The lowest BCUT2D eigenvalue weighted by Crippen LogP contribution is -2.37. The third-order valence-electron chi connectivity index (χ3n) is 4.29. The lowest BCUT2D eigenvalue weighted by molar-refractivity contribution is 0.190. The van der Waals surface area contributed by atoms with Gasteiger partial charge in [-0.1, -0.05) is 12.1 Å². The summed E-state index contributed by atoms with van der Waals surface area (Å²) in [7, 11) is 1.72. The monoisotopic (exact) mass is 260 g/mol. The molecule has 19 heavy (non-hydrogen) atoms. The average Bonchev–Trinajstić information content (AvgIpc) is 3.09. The second kappa shape index (κ2) is 5.93. The van der Waals surface area contributed by atoms with Crippen LogP contribution >= 0.6 is 0 Å². The van der Waals surface area contributed by atoms with E-state index in [1.54, 1.807) is 7.11 Å². The van der Waals surface area contributed by atoms with E-state index in [0.29, 0.717) is 0 Å². The summed E-state index contributed by atoms with van der Waals surface area (Å²) >= 11 is 0. The first-order chi connectivity index (χ1) is 9.35. The van der Waals surface area contributed by atoms with Gasteiger partial charge < -0.3 is 10.1 Å². The SMILES string of the molecule is COc1ccc(CN(CC2CC2)C2CCNC2)cc1. The lowest BCUT2D eigenvalue weighted by atomic mass is 10.1. The van der Waals surface area contributed by atoms with E-state index < -0.39 is 0 Å². The molecule has 1 saturated carbocycles. The molecule has 1 heterocycles. The van der Waals surface area contributed by atoms with Gasteiger partial charge in [0.1, 0.15) is 5.75 Å². The molecule has 0 bridgehead atoms. The molecule has 2 fully saturated rings. The fourth-order valence-corrected chi connectivity index (χ4v) is 2.89. The first kappa shape index (κ1) is 12.9. The van der Waals surface area contributed by atoms with Gasteiger partial charge >= 0.3 is 0 Å². The number of nitrogens with zero attached hydrogens (tertiary/aromatic N) is 1. The summed E-state index contributed by atoms with van der Waals surface area (Å²) in [6.45, 7) is 4.68.